The fourth-order valence-corrected chi connectivity index (χ4v) is 1.99. The van der Waals surface area contributed by atoms with Crippen LogP contribution >= 0.6 is 0 Å². The van der Waals surface area contributed by atoms with Gasteiger partial charge in [0.1, 0.15) is 5.75 Å². The molecule has 4 N–H and O–H groups in total. The molecule has 0 radical (unpaired) electrons. The lowest BCUT2D eigenvalue weighted by molar-refractivity contribution is 0.1000. The highest BCUT2D eigenvalue weighted by Gasteiger charge is 2.06. The lowest BCUT2D eigenvalue weighted by atomic mass is 10.1. The number of benzene rings is 2. The number of nitrogens with two attached hydrogens (primary N) is 1. The third kappa shape index (κ3) is 3.59. The van der Waals surface area contributed by atoms with E-state index in [1.165, 1.54) is 0 Å². The molecule has 2 aromatic carbocycles. The molecule has 2 rings (SSSR count). The summed E-state index contributed by atoms with van der Waals surface area (Å²) in [5.74, 6) is -0.159. The molecule has 0 aliphatic heterocycles. The highest BCUT2D eigenvalue weighted by molar-refractivity contribution is 5.92. The molecule has 2 aromatic rings. The molecule has 20 heavy (non-hydrogen) atoms. The second-order valence-electron chi connectivity index (χ2n) is 4.76. The summed E-state index contributed by atoms with van der Waals surface area (Å²) in [7, 11) is 0. The topological polar surface area (TPSA) is 75.3 Å². The number of hydrogen-bond acceptors (Lipinski definition) is 3. The van der Waals surface area contributed by atoms with Crippen molar-refractivity contribution < 1.29 is 9.90 Å². The Kier molecular flexibility index (Phi) is 4.38. The van der Waals surface area contributed by atoms with Crippen molar-refractivity contribution in [3.63, 3.8) is 0 Å². The summed E-state index contributed by atoms with van der Waals surface area (Å²) in [4.78, 5) is 11.1. The largest absolute Gasteiger partial charge is 0.508 e. The first kappa shape index (κ1) is 14.1. The lowest BCUT2D eigenvalue weighted by Crippen LogP contribution is -2.18. The van der Waals surface area contributed by atoms with E-state index in [9.17, 15) is 9.90 Å². The minimum Gasteiger partial charge on any atom is -0.508 e. The number of primary amides is 1. The first-order valence-electron chi connectivity index (χ1n) is 6.47. The SMILES string of the molecule is CC(NCc1cccc(C(N)=O)c1)c1ccc(O)cc1. The second-order valence-corrected chi connectivity index (χ2v) is 4.76. The Bertz CT molecular complexity index is 594. The van der Waals surface area contributed by atoms with Gasteiger partial charge < -0.3 is 16.2 Å². The highest BCUT2D eigenvalue weighted by atomic mass is 16.3. The minimum atomic E-state index is -0.418. The maximum atomic E-state index is 11.1. The maximum Gasteiger partial charge on any atom is 0.248 e. The van der Waals surface area contributed by atoms with Crippen LogP contribution in [0.15, 0.2) is 48.5 Å². The first-order chi connectivity index (χ1) is 9.56. The number of aromatic hydroxyl groups is 1. The molecule has 104 valence electrons. The van der Waals surface area contributed by atoms with Crippen LogP contribution in [0.2, 0.25) is 0 Å². The number of amides is 1. The van der Waals surface area contributed by atoms with Crippen molar-refractivity contribution in [2.45, 2.75) is 19.5 Å². The van der Waals surface area contributed by atoms with Crippen LogP contribution < -0.4 is 11.1 Å². The Labute approximate surface area is 118 Å². The third-order valence-electron chi connectivity index (χ3n) is 3.22. The Morgan fingerprint density at radius 3 is 2.60 bits per heavy atom. The number of hydrogen-bond donors (Lipinski definition) is 3. The second kappa shape index (κ2) is 6.21. The number of nitrogens with one attached hydrogen (secondary N) is 1. The van der Waals surface area contributed by atoms with Crippen molar-refractivity contribution in [3.8, 4) is 5.75 Å². The zero-order valence-corrected chi connectivity index (χ0v) is 11.3. The van der Waals surface area contributed by atoms with Gasteiger partial charge in [-0.25, -0.2) is 0 Å². The minimum absolute atomic E-state index is 0.146. The number of carbonyl (C=O) groups excluding carboxylic acids is 1. The fourth-order valence-electron chi connectivity index (χ4n) is 1.99. The lowest BCUT2D eigenvalue weighted by Gasteiger charge is -2.14. The monoisotopic (exact) mass is 270 g/mol. The van der Waals surface area contributed by atoms with Gasteiger partial charge in [0.2, 0.25) is 5.91 Å². The van der Waals surface area contributed by atoms with Crippen molar-refractivity contribution in [3.05, 3.63) is 65.2 Å². The fraction of sp³-hybridized carbons (Fsp3) is 0.188. The average Bonchev–Trinajstić information content (AvgIpc) is 2.46. The molecule has 1 atom stereocenters. The normalized spacial score (nSPS) is 12.1. The van der Waals surface area contributed by atoms with E-state index in [1.807, 2.05) is 31.2 Å². The van der Waals surface area contributed by atoms with Crippen molar-refractivity contribution in [1.82, 2.24) is 5.32 Å². The zero-order valence-electron chi connectivity index (χ0n) is 11.3. The number of carbonyl (C=O) groups is 1. The van der Waals surface area contributed by atoms with E-state index in [0.29, 0.717) is 12.1 Å². The van der Waals surface area contributed by atoms with Crippen LogP contribution in [0.5, 0.6) is 5.75 Å². The van der Waals surface area contributed by atoms with Gasteiger partial charge in [0.15, 0.2) is 0 Å². The van der Waals surface area contributed by atoms with Crippen LogP contribution in [-0.2, 0) is 6.54 Å². The Balaban J connectivity index is 1.99. The molecule has 0 saturated heterocycles. The molecule has 0 aliphatic carbocycles. The molecule has 0 aromatic heterocycles. The zero-order chi connectivity index (χ0) is 14.5. The summed E-state index contributed by atoms with van der Waals surface area (Å²) < 4.78 is 0. The molecule has 0 aliphatic rings. The van der Waals surface area contributed by atoms with Gasteiger partial charge in [-0.05, 0) is 42.3 Å². The molecular formula is C16H18N2O2. The smallest absolute Gasteiger partial charge is 0.248 e. The van der Waals surface area contributed by atoms with Gasteiger partial charge in [0, 0.05) is 18.2 Å². The summed E-state index contributed by atoms with van der Waals surface area (Å²) in [6.07, 6.45) is 0. The van der Waals surface area contributed by atoms with E-state index < -0.39 is 5.91 Å². The van der Waals surface area contributed by atoms with E-state index in [4.69, 9.17) is 5.73 Å². The van der Waals surface area contributed by atoms with Crippen molar-refractivity contribution >= 4 is 5.91 Å². The van der Waals surface area contributed by atoms with Crippen LogP contribution in [0, 0.1) is 0 Å². The molecule has 0 spiro atoms. The van der Waals surface area contributed by atoms with E-state index in [2.05, 4.69) is 5.32 Å². The number of phenolic OH excluding ortho intramolecular Hbond substituents is 1. The maximum absolute atomic E-state index is 11.1. The summed E-state index contributed by atoms with van der Waals surface area (Å²) in [5.41, 5.74) is 7.87. The van der Waals surface area contributed by atoms with E-state index in [1.54, 1.807) is 24.3 Å². The predicted molar refractivity (Wildman–Crippen MR) is 78.3 cm³/mol. The van der Waals surface area contributed by atoms with Crippen molar-refractivity contribution in [2.24, 2.45) is 5.73 Å². The molecule has 1 amide bonds. The number of phenols is 1. The Hall–Kier alpha value is -2.33. The van der Waals surface area contributed by atoms with Crippen molar-refractivity contribution in [1.29, 1.82) is 0 Å². The summed E-state index contributed by atoms with van der Waals surface area (Å²) >= 11 is 0. The van der Waals surface area contributed by atoms with E-state index >= 15 is 0 Å². The van der Waals surface area contributed by atoms with E-state index in [0.717, 1.165) is 11.1 Å². The molecule has 4 nitrogen and oxygen atoms in total. The molecule has 4 heteroatoms. The quantitative estimate of drug-likeness (QED) is 0.780. The highest BCUT2D eigenvalue weighted by Crippen LogP contribution is 2.17. The molecule has 0 fully saturated rings. The van der Waals surface area contributed by atoms with Gasteiger partial charge in [-0.15, -0.1) is 0 Å². The summed E-state index contributed by atoms with van der Waals surface area (Å²) in [6, 6.07) is 14.5. The molecule has 0 heterocycles. The van der Waals surface area contributed by atoms with Crippen LogP contribution in [0.4, 0.5) is 0 Å². The molecular weight excluding hydrogens is 252 g/mol. The van der Waals surface area contributed by atoms with Crippen LogP contribution in [0.3, 0.4) is 0 Å². The van der Waals surface area contributed by atoms with Gasteiger partial charge in [-0.2, -0.15) is 0 Å². The van der Waals surface area contributed by atoms with Gasteiger partial charge in [-0.3, -0.25) is 4.79 Å². The molecule has 1 unspecified atom stereocenters. The molecule has 0 saturated carbocycles. The van der Waals surface area contributed by atoms with Crippen LogP contribution in [0.1, 0.15) is 34.5 Å². The van der Waals surface area contributed by atoms with Crippen molar-refractivity contribution in [2.75, 3.05) is 0 Å². The predicted octanol–water partition coefficient (Wildman–Crippen LogP) is 2.34. The average molecular weight is 270 g/mol. The van der Waals surface area contributed by atoms with Gasteiger partial charge in [-0.1, -0.05) is 24.3 Å². The summed E-state index contributed by atoms with van der Waals surface area (Å²) in [5, 5.41) is 12.6. The van der Waals surface area contributed by atoms with Crippen LogP contribution in [-0.4, -0.2) is 11.0 Å². The Morgan fingerprint density at radius 1 is 1.25 bits per heavy atom. The first-order valence-corrected chi connectivity index (χ1v) is 6.47. The van der Waals surface area contributed by atoms with Gasteiger partial charge >= 0.3 is 0 Å². The third-order valence-corrected chi connectivity index (χ3v) is 3.22. The number of rotatable bonds is 5. The Morgan fingerprint density at radius 2 is 1.95 bits per heavy atom. The standard InChI is InChI=1S/C16H18N2O2/c1-11(13-5-7-15(19)8-6-13)18-10-12-3-2-4-14(9-12)16(17)20/h2-9,11,18-19H,10H2,1H3,(H2,17,20). The van der Waals surface area contributed by atoms with E-state index in [-0.39, 0.29) is 11.8 Å². The summed E-state index contributed by atoms with van der Waals surface area (Å²) in [6.45, 7) is 2.69. The van der Waals surface area contributed by atoms with Gasteiger partial charge in [0.05, 0.1) is 0 Å². The van der Waals surface area contributed by atoms with Crippen LogP contribution in [0.25, 0.3) is 0 Å². The molecule has 0 bridgehead atoms. The van der Waals surface area contributed by atoms with Gasteiger partial charge in [0.25, 0.3) is 0 Å².